The lowest BCUT2D eigenvalue weighted by atomic mass is 10.2. The van der Waals surface area contributed by atoms with Gasteiger partial charge in [0, 0.05) is 18.8 Å². The lowest BCUT2D eigenvalue weighted by molar-refractivity contribution is 0.120. The summed E-state index contributed by atoms with van der Waals surface area (Å²) in [5.41, 5.74) is 7.89. The van der Waals surface area contributed by atoms with E-state index in [9.17, 15) is 0 Å². The topological polar surface area (TPSA) is 124 Å². The van der Waals surface area contributed by atoms with Crippen LogP contribution in [-0.2, 0) is 10.5 Å². The highest BCUT2D eigenvalue weighted by Gasteiger charge is 2.16. The third-order valence-electron chi connectivity index (χ3n) is 4.33. The molecule has 1 aromatic carbocycles. The number of benzene rings is 1. The molecule has 1 fully saturated rings. The number of nitrogens with two attached hydrogens (primary N) is 1. The summed E-state index contributed by atoms with van der Waals surface area (Å²) < 4.78 is 6.45. The van der Waals surface area contributed by atoms with Gasteiger partial charge in [-0.25, -0.2) is 0 Å². The quantitative estimate of drug-likeness (QED) is 0.459. The normalized spacial score (nSPS) is 16.1. The minimum Gasteiger partial charge on any atom is -0.376 e. The Morgan fingerprint density at radius 1 is 1.24 bits per heavy atom. The molecular weight excluding hydrogens is 408 g/mol. The predicted octanol–water partition coefficient (Wildman–Crippen LogP) is 3.24. The molecule has 2 aromatic heterocycles. The van der Waals surface area contributed by atoms with Gasteiger partial charge in [-0.05, 0) is 31.4 Å². The van der Waals surface area contributed by atoms with Crippen molar-refractivity contribution < 1.29 is 4.74 Å². The monoisotopic (exact) mass is 430 g/mol. The van der Waals surface area contributed by atoms with Crippen LogP contribution in [0.15, 0.2) is 28.6 Å². The number of thioether (sulfide) groups is 1. The van der Waals surface area contributed by atoms with E-state index >= 15 is 0 Å². The largest absolute Gasteiger partial charge is 0.376 e. The summed E-state index contributed by atoms with van der Waals surface area (Å²) in [6, 6.07) is 7.92. The number of nitrogens with zero attached hydrogens (tertiary/aromatic N) is 5. The van der Waals surface area contributed by atoms with Crippen LogP contribution in [0.4, 0.5) is 22.7 Å². The van der Waals surface area contributed by atoms with Crippen LogP contribution in [0.3, 0.4) is 0 Å². The van der Waals surface area contributed by atoms with Crippen LogP contribution in [-0.4, -0.2) is 44.4 Å². The summed E-state index contributed by atoms with van der Waals surface area (Å²) >= 11 is 3.02. The van der Waals surface area contributed by atoms with Gasteiger partial charge in [-0.3, -0.25) is 0 Å². The number of nitrogen functional groups attached to an aromatic ring is 1. The van der Waals surface area contributed by atoms with Gasteiger partial charge >= 0.3 is 0 Å². The Morgan fingerprint density at radius 2 is 2.14 bits per heavy atom. The van der Waals surface area contributed by atoms with E-state index < -0.39 is 0 Å². The van der Waals surface area contributed by atoms with Crippen LogP contribution in [0, 0.1) is 6.92 Å². The van der Waals surface area contributed by atoms with Crippen molar-refractivity contribution in [3.63, 3.8) is 0 Å². The van der Waals surface area contributed by atoms with Crippen molar-refractivity contribution in [3.8, 4) is 0 Å². The fraction of sp³-hybridized carbons (Fsp3) is 0.389. The molecule has 152 valence electrons. The van der Waals surface area contributed by atoms with Gasteiger partial charge in [0.1, 0.15) is 5.82 Å². The standard InChI is InChI=1S/C18H22N8OS2/c1-11-5-2-3-7-13(11)21-16-23-14(22-15(19)24-16)10-28-18-26-25-17(29-18)20-9-12-6-4-8-27-12/h2-3,5,7,12H,4,6,8-10H2,1H3,(H,20,25)(H3,19,21,22,23,24). The minimum atomic E-state index is 0.183. The van der Waals surface area contributed by atoms with Crippen molar-refractivity contribution in [3.05, 3.63) is 35.7 Å². The molecule has 3 heterocycles. The second-order valence-corrected chi connectivity index (χ2v) is 8.75. The number of nitrogens with one attached hydrogen (secondary N) is 2. The first-order valence-corrected chi connectivity index (χ1v) is 11.1. The second-order valence-electron chi connectivity index (χ2n) is 6.55. The molecule has 0 radical (unpaired) electrons. The summed E-state index contributed by atoms with van der Waals surface area (Å²) in [4.78, 5) is 12.9. The molecule has 4 rings (SSSR count). The van der Waals surface area contributed by atoms with E-state index in [1.165, 1.54) is 23.1 Å². The number of anilines is 4. The van der Waals surface area contributed by atoms with Crippen LogP contribution in [0.5, 0.6) is 0 Å². The Bertz CT molecular complexity index is 961. The van der Waals surface area contributed by atoms with Crippen molar-refractivity contribution in [1.29, 1.82) is 0 Å². The molecule has 0 aliphatic carbocycles. The first-order chi connectivity index (χ1) is 14.2. The molecule has 11 heteroatoms. The lowest BCUT2D eigenvalue weighted by Crippen LogP contribution is -2.18. The van der Waals surface area contributed by atoms with E-state index in [-0.39, 0.29) is 12.1 Å². The van der Waals surface area contributed by atoms with Crippen molar-refractivity contribution in [2.45, 2.75) is 36.0 Å². The van der Waals surface area contributed by atoms with E-state index in [2.05, 4.69) is 35.8 Å². The van der Waals surface area contributed by atoms with E-state index in [0.717, 1.165) is 46.7 Å². The average Bonchev–Trinajstić information content (AvgIpc) is 3.38. The van der Waals surface area contributed by atoms with Crippen molar-refractivity contribution >= 4 is 45.8 Å². The highest BCUT2D eigenvalue weighted by Crippen LogP contribution is 2.28. The lowest BCUT2D eigenvalue weighted by Gasteiger charge is -2.09. The summed E-state index contributed by atoms with van der Waals surface area (Å²) in [5, 5.41) is 15.7. The number of aryl methyl sites for hydroxylation is 1. The van der Waals surface area contributed by atoms with Gasteiger partial charge in [0.2, 0.25) is 17.0 Å². The first-order valence-electron chi connectivity index (χ1n) is 9.30. The van der Waals surface area contributed by atoms with Crippen LogP contribution in [0.25, 0.3) is 0 Å². The molecule has 9 nitrogen and oxygen atoms in total. The zero-order valence-corrected chi connectivity index (χ0v) is 17.6. The van der Waals surface area contributed by atoms with Crippen molar-refractivity contribution in [2.24, 2.45) is 0 Å². The third kappa shape index (κ3) is 5.52. The highest BCUT2D eigenvalue weighted by atomic mass is 32.2. The Morgan fingerprint density at radius 3 is 2.97 bits per heavy atom. The van der Waals surface area contributed by atoms with E-state index in [4.69, 9.17) is 10.5 Å². The third-order valence-corrected chi connectivity index (χ3v) is 6.34. The Balaban J connectivity index is 1.34. The van der Waals surface area contributed by atoms with Crippen LogP contribution in [0.2, 0.25) is 0 Å². The highest BCUT2D eigenvalue weighted by molar-refractivity contribution is 8.00. The maximum Gasteiger partial charge on any atom is 0.232 e. The van der Waals surface area contributed by atoms with Crippen LogP contribution >= 0.6 is 23.1 Å². The van der Waals surface area contributed by atoms with Gasteiger partial charge in [-0.15, -0.1) is 10.2 Å². The molecule has 1 atom stereocenters. The van der Waals surface area contributed by atoms with Gasteiger partial charge in [0.05, 0.1) is 11.9 Å². The fourth-order valence-corrected chi connectivity index (χ4v) is 4.48. The number of aromatic nitrogens is 5. The summed E-state index contributed by atoms with van der Waals surface area (Å²) in [6.45, 7) is 3.63. The molecule has 1 saturated heterocycles. The predicted molar refractivity (Wildman–Crippen MR) is 116 cm³/mol. The number of ether oxygens (including phenoxy) is 1. The molecule has 0 spiro atoms. The Hall–Kier alpha value is -2.50. The smallest absolute Gasteiger partial charge is 0.232 e. The molecular formula is C18H22N8OS2. The van der Waals surface area contributed by atoms with Crippen LogP contribution in [0.1, 0.15) is 24.2 Å². The molecule has 1 aliphatic heterocycles. The minimum absolute atomic E-state index is 0.183. The molecule has 0 amide bonds. The number of hydrogen-bond donors (Lipinski definition) is 3. The number of hydrogen-bond acceptors (Lipinski definition) is 11. The van der Waals surface area contributed by atoms with Gasteiger partial charge in [-0.1, -0.05) is 41.3 Å². The number of para-hydroxylation sites is 1. The summed E-state index contributed by atoms with van der Waals surface area (Å²) in [5.74, 6) is 1.72. The van der Waals surface area contributed by atoms with Crippen LogP contribution < -0.4 is 16.4 Å². The zero-order chi connectivity index (χ0) is 20.1. The molecule has 3 aromatic rings. The maximum absolute atomic E-state index is 5.86. The second kappa shape index (κ2) is 9.33. The molecule has 1 aliphatic rings. The summed E-state index contributed by atoms with van der Waals surface area (Å²) in [6.07, 6.45) is 2.48. The van der Waals surface area contributed by atoms with Crippen molar-refractivity contribution in [2.75, 3.05) is 29.5 Å². The molecule has 0 saturated carbocycles. The zero-order valence-electron chi connectivity index (χ0n) is 16.0. The molecule has 29 heavy (non-hydrogen) atoms. The van der Waals surface area contributed by atoms with E-state index in [0.29, 0.717) is 17.5 Å². The number of rotatable bonds is 8. The van der Waals surface area contributed by atoms with Gasteiger partial charge in [0.15, 0.2) is 4.34 Å². The Labute approximate surface area is 176 Å². The fourth-order valence-electron chi connectivity index (χ4n) is 2.86. The maximum atomic E-state index is 5.86. The van der Waals surface area contributed by atoms with Gasteiger partial charge < -0.3 is 21.1 Å². The first kappa shape index (κ1) is 19.8. The van der Waals surface area contributed by atoms with Crippen molar-refractivity contribution in [1.82, 2.24) is 25.1 Å². The average molecular weight is 431 g/mol. The molecule has 4 N–H and O–H groups in total. The van der Waals surface area contributed by atoms with E-state index in [1.807, 2.05) is 31.2 Å². The molecule has 0 bridgehead atoms. The van der Waals surface area contributed by atoms with E-state index in [1.54, 1.807) is 0 Å². The molecule has 1 unspecified atom stereocenters. The Kier molecular flexibility index (Phi) is 6.37. The SMILES string of the molecule is Cc1ccccc1Nc1nc(N)nc(CSc2nnc(NCC3CCCO3)s2)n1. The van der Waals surface area contributed by atoms with Gasteiger partial charge in [-0.2, -0.15) is 15.0 Å². The van der Waals surface area contributed by atoms with Gasteiger partial charge in [0.25, 0.3) is 0 Å². The summed E-state index contributed by atoms with van der Waals surface area (Å²) in [7, 11) is 0.